The SMILES string of the molecule is O=C(O)c1ccccc1SC(C(=O)O)c1ncccc1CCCCCCCCc1ccccc1. The minimum absolute atomic E-state index is 0.100. The van der Waals surface area contributed by atoms with Crippen molar-refractivity contribution in [2.75, 3.05) is 0 Å². The summed E-state index contributed by atoms with van der Waals surface area (Å²) in [6.45, 7) is 0. The maximum atomic E-state index is 12.1. The number of unbranched alkanes of at least 4 members (excludes halogenated alkanes) is 5. The fraction of sp³-hybridized carbons (Fsp3) is 0.321. The molecule has 3 rings (SSSR count). The lowest BCUT2D eigenvalue weighted by Crippen LogP contribution is -2.13. The maximum Gasteiger partial charge on any atom is 0.336 e. The van der Waals surface area contributed by atoms with Crippen molar-refractivity contribution in [3.63, 3.8) is 0 Å². The second-order valence-electron chi connectivity index (χ2n) is 8.29. The number of carbonyl (C=O) groups is 2. The molecule has 0 aliphatic heterocycles. The normalized spacial score (nSPS) is 11.8. The van der Waals surface area contributed by atoms with Gasteiger partial charge in [-0.2, -0.15) is 0 Å². The van der Waals surface area contributed by atoms with Crippen LogP contribution in [0.5, 0.6) is 0 Å². The Balaban J connectivity index is 1.51. The number of thioether (sulfide) groups is 1. The number of pyridine rings is 1. The maximum absolute atomic E-state index is 12.1. The van der Waals surface area contributed by atoms with Gasteiger partial charge >= 0.3 is 11.9 Å². The molecule has 1 aromatic heterocycles. The van der Waals surface area contributed by atoms with Crippen LogP contribution in [-0.4, -0.2) is 27.1 Å². The van der Waals surface area contributed by atoms with Crippen LogP contribution < -0.4 is 0 Å². The number of carboxylic acid groups (broad SMARTS) is 2. The summed E-state index contributed by atoms with van der Waals surface area (Å²) in [6.07, 6.45) is 10.3. The molecule has 2 aromatic carbocycles. The largest absolute Gasteiger partial charge is 0.480 e. The fourth-order valence-electron chi connectivity index (χ4n) is 3.99. The van der Waals surface area contributed by atoms with E-state index in [-0.39, 0.29) is 5.56 Å². The summed E-state index contributed by atoms with van der Waals surface area (Å²) in [4.78, 5) is 28.5. The molecule has 2 N–H and O–H groups in total. The topological polar surface area (TPSA) is 87.5 Å². The molecule has 0 radical (unpaired) electrons. The zero-order valence-corrected chi connectivity index (χ0v) is 20.0. The van der Waals surface area contributed by atoms with E-state index in [2.05, 4.69) is 29.2 Å². The van der Waals surface area contributed by atoms with E-state index < -0.39 is 17.2 Å². The number of aliphatic carboxylic acids is 1. The van der Waals surface area contributed by atoms with Crippen molar-refractivity contribution in [2.24, 2.45) is 0 Å². The van der Waals surface area contributed by atoms with E-state index in [9.17, 15) is 19.8 Å². The van der Waals surface area contributed by atoms with E-state index in [4.69, 9.17) is 0 Å². The van der Waals surface area contributed by atoms with Gasteiger partial charge in [0.2, 0.25) is 0 Å². The molecule has 0 aliphatic rings. The third-order valence-corrected chi connectivity index (χ3v) is 7.04. The Morgan fingerprint density at radius 2 is 1.41 bits per heavy atom. The molecule has 0 fully saturated rings. The van der Waals surface area contributed by atoms with Crippen molar-refractivity contribution < 1.29 is 19.8 Å². The van der Waals surface area contributed by atoms with Crippen molar-refractivity contribution in [1.82, 2.24) is 4.98 Å². The van der Waals surface area contributed by atoms with Crippen LogP contribution in [0.25, 0.3) is 0 Å². The van der Waals surface area contributed by atoms with Crippen LogP contribution in [0.4, 0.5) is 0 Å². The Morgan fingerprint density at radius 3 is 2.12 bits per heavy atom. The van der Waals surface area contributed by atoms with Crippen LogP contribution in [0.3, 0.4) is 0 Å². The Labute approximate surface area is 205 Å². The molecule has 5 nitrogen and oxygen atoms in total. The van der Waals surface area contributed by atoms with Crippen molar-refractivity contribution in [3.05, 3.63) is 95.3 Å². The first kappa shape index (κ1) is 25.5. The van der Waals surface area contributed by atoms with Crippen LogP contribution in [0.1, 0.15) is 71.0 Å². The summed E-state index contributed by atoms with van der Waals surface area (Å²) in [6, 6.07) is 20.8. The number of rotatable bonds is 14. The molecule has 1 atom stereocenters. The molecule has 0 saturated heterocycles. The molecule has 6 heteroatoms. The first-order chi connectivity index (χ1) is 16.6. The summed E-state index contributed by atoms with van der Waals surface area (Å²) in [5.41, 5.74) is 2.91. The molecule has 34 heavy (non-hydrogen) atoms. The lowest BCUT2D eigenvalue weighted by atomic mass is 10.0. The monoisotopic (exact) mass is 477 g/mol. The van der Waals surface area contributed by atoms with Gasteiger partial charge in [-0.25, -0.2) is 4.79 Å². The third-order valence-electron chi connectivity index (χ3n) is 5.77. The zero-order valence-electron chi connectivity index (χ0n) is 19.2. The molecule has 1 heterocycles. The predicted octanol–water partition coefficient (Wildman–Crippen LogP) is 6.82. The van der Waals surface area contributed by atoms with E-state index in [0.29, 0.717) is 10.6 Å². The molecule has 0 aliphatic carbocycles. The first-order valence-electron chi connectivity index (χ1n) is 11.8. The Bertz CT molecular complexity index is 1070. The van der Waals surface area contributed by atoms with Gasteiger partial charge in [-0.1, -0.05) is 74.2 Å². The van der Waals surface area contributed by atoms with Gasteiger partial charge in [-0.3, -0.25) is 9.78 Å². The highest BCUT2D eigenvalue weighted by atomic mass is 32.2. The highest BCUT2D eigenvalue weighted by molar-refractivity contribution is 8.00. The van der Waals surface area contributed by atoms with Crippen molar-refractivity contribution in [3.8, 4) is 0 Å². The second-order valence-corrected chi connectivity index (χ2v) is 9.44. The van der Waals surface area contributed by atoms with Crippen LogP contribution in [0.15, 0.2) is 77.8 Å². The molecule has 0 spiro atoms. The number of carboxylic acids is 2. The van der Waals surface area contributed by atoms with Gasteiger partial charge in [-0.15, -0.1) is 11.8 Å². The third kappa shape index (κ3) is 7.73. The van der Waals surface area contributed by atoms with Gasteiger partial charge in [0.25, 0.3) is 0 Å². The fourth-order valence-corrected chi connectivity index (χ4v) is 5.11. The lowest BCUT2D eigenvalue weighted by Gasteiger charge is -2.16. The molecular weight excluding hydrogens is 446 g/mol. The van der Waals surface area contributed by atoms with Gasteiger partial charge in [0.15, 0.2) is 0 Å². The molecule has 3 aromatic rings. The zero-order chi connectivity index (χ0) is 24.2. The van der Waals surface area contributed by atoms with Gasteiger partial charge in [0.05, 0.1) is 11.3 Å². The first-order valence-corrected chi connectivity index (χ1v) is 12.6. The average molecular weight is 478 g/mol. The number of nitrogens with zero attached hydrogens (tertiary/aromatic N) is 1. The molecule has 0 saturated carbocycles. The number of hydrogen-bond donors (Lipinski definition) is 2. The quantitative estimate of drug-likeness (QED) is 0.196. The van der Waals surface area contributed by atoms with Crippen LogP contribution >= 0.6 is 11.8 Å². The molecule has 0 amide bonds. The molecule has 0 bridgehead atoms. The summed E-state index contributed by atoms with van der Waals surface area (Å²) in [5, 5.41) is 18.4. The van der Waals surface area contributed by atoms with Crippen LogP contribution in [-0.2, 0) is 17.6 Å². The predicted molar refractivity (Wildman–Crippen MR) is 135 cm³/mol. The van der Waals surface area contributed by atoms with E-state index >= 15 is 0 Å². The highest BCUT2D eigenvalue weighted by Gasteiger charge is 2.27. The summed E-state index contributed by atoms with van der Waals surface area (Å²) >= 11 is 1.03. The number of hydrogen-bond acceptors (Lipinski definition) is 4. The number of aryl methyl sites for hydroxylation is 2. The lowest BCUT2D eigenvalue weighted by molar-refractivity contribution is -0.136. The van der Waals surface area contributed by atoms with Gasteiger partial charge in [0, 0.05) is 11.1 Å². The van der Waals surface area contributed by atoms with E-state index in [1.807, 2.05) is 18.2 Å². The number of aromatic nitrogens is 1. The molecule has 178 valence electrons. The summed E-state index contributed by atoms with van der Waals surface area (Å²) < 4.78 is 0. The Hall–Kier alpha value is -3.12. The Kier molecular flexibility index (Phi) is 10.2. The van der Waals surface area contributed by atoms with E-state index in [0.717, 1.165) is 49.4 Å². The minimum atomic E-state index is -1.07. The van der Waals surface area contributed by atoms with Crippen molar-refractivity contribution in [2.45, 2.75) is 61.5 Å². The van der Waals surface area contributed by atoms with Crippen molar-refractivity contribution >= 4 is 23.7 Å². The summed E-state index contributed by atoms with van der Waals surface area (Å²) in [7, 11) is 0. The number of aromatic carboxylic acids is 1. The number of benzene rings is 2. The van der Waals surface area contributed by atoms with Gasteiger partial charge < -0.3 is 10.2 Å². The van der Waals surface area contributed by atoms with Gasteiger partial charge in [0.1, 0.15) is 5.25 Å². The average Bonchev–Trinajstić information content (AvgIpc) is 2.85. The van der Waals surface area contributed by atoms with Crippen molar-refractivity contribution in [1.29, 1.82) is 0 Å². The highest BCUT2D eigenvalue weighted by Crippen LogP contribution is 2.38. The molecular formula is C28H31NO4S. The minimum Gasteiger partial charge on any atom is -0.480 e. The van der Waals surface area contributed by atoms with Crippen LogP contribution in [0, 0.1) is 0 Å². The summed E-state index contributed by atoms with van der Waals surface area (Å²) in [5.74, 6) is -2.10. The molecule has 1 unspecified atom stereocenters. The standard InChI is InChI=1S/C28H31NO4S/c30-27(31)23-18-10-11-19-24(23)34-26(28(32)33)25-22(17-12-20-29-25)16-9-4-2-1-3-6-13-21-14-7-5-8-15-21/h5,7-8,10-12,14-15,17-20,26H,1-4,6,9,13,16H2,(H,30,31)(H,32,33). The Morgan fingerprint density at radius 1 is 0.765 bits per heavy atom. The van der Waals surface area contributed by atoms with E-state index in [1.54, 1.807) is 24.4 Å². The smallest absolute Gasteiger partial charge is 0.336 e. The van der Waals surface area contributed by atoms with E-state index in [1.165, 1.54) is 30.9 Å². The van der Waals surface area contributed by atoms with Gasteiger partial charge in [-0.05, 0) is 55.0 Å². The van der Waals surface area contributed by atoms with Crippen LogP contribution in [0.2, 0.25) is 0 Å². The second kappa shape index (κ2) is 13.6.